The molecule has 8 nitrogen and oxygen atoms in total. The number of nitrogens with zero attached hydrogens (tertiary/aromatic N) is 1. The van der Waals surface area contributed by atoms with E-state index < -0.39 is 63.4 Å². The second-order valence-electron chi connectivity index (χ2n) is 6.43. The first-order chi connectivity index (χ1) is 14.7. The van der Waals surface area contributed by atoms with Crippen LogP contribution in [0, 0.1) is 6.92 Å². The van der Waals surface area contributed by atoms with Crippen LogP contribution >= 0.6 is 11.3 Å². The number of carbonyl (C=O) groups is 1. The number of carbonyl (C=O) groups excluding carboxylic acids is 1. The van der Waals surface area contributed by atoms with Gasteiger partial charge in [0.1, 0.15) is 9.77 Å². The molecule has 0 atom stereocenters. The Morgan fingerprint density at radius 1 is 1.06 bits per heavy atom. The monoisotopic (exact) mass is 505 g/mol. The summed E-state index contributed by atoms with van der Waals surface area (Å²) in [7, 11) is -9.44. The van der Waals surface area contributed by atoms with Crippen molar-refractivity contribution in [3.05, 3.63) is 64.1 Å². The number of alkyl halides is 3. The fraction of sp³-hybridized carbons (Fsp3) is 0.111. The molecule has 3 N–H and O–H groups in total. The molecule has 170 valence electrons. The summed E-state index contributed by atoms with van der Waals surface area (Å²) in [5.41, 5.74) is -1.10. The maximum Gasteiger partial charge on any atom is 0.416 e. The van der Waals surface area contributed by atoms with E-state index >= 15 is 0 Å². The van der Waals surface area contributed by atoms with Crippen LogP contribution in [-0.2, 0) is 26.0 Å². The number of halogens is 3. The van der Waals surface area contributed by atoms with E-state index in [1.165, 1.54) is 23.8 Å². The molecule has 32 heavy (non-hydrogen) atoms. The molecular weight excluding hydrogens is 491 g/mol. The summed E-state index contributed by atoms with van der Waals surface area (Å²) in [5.74, 6) is -0.803. The lowest BCUT2D eigenvalue weighted by atomic mass is 10.1. The minimum atomic E-state index is -4.91. The Morgan fingerprint density at radius 2 is 1.69 bits per heavy atom. The smallest absolute Gasteiger partial charge is 0.320 e. The SMILES string of the molecule is Cc1c(C(F)(F)F)ccc(NC(=O)c2cncs2)c1S(=O)(=O)c1ccccc1S(N)(=O)=O. The van der Waals surface area contributed by atoms with Gasteiger partial charge in [0.05, 0.1) is 32.7 Å². The van der Waals surface area contributed by atoms with Crippen molar-refractivity contribution >= 4 is 42.8 Å². The average molecular weight is 506 g/mol. The summed E-state index contributed by atoms with van der Waals surface area (Å²) in [6, 6.07) is 5.65. The zero-order valence-electron chi connectivity index (χ0n) is 16.0. The summed E-state index contributed by atoms with van der Waals surface area (Å²) >= 11 is 0.929. The molecule has 0 spiro atoms. The first-order valence-electron chi connectivity index (χ1n) is 8.52. The third-order valence-corrected chi connectivity index (χ3v) is 8.20. The fourth-order valence-corrected chi connectivity index (χ4v) is 6.51. The zero-order chi connectivity index (χ0) is 23.9. The van der Waals surface area contributed by atoms with Crippen molar-refractivity contribution in [3.8, 4) is 0 Å². The van der Waals surface area contributed by atoms with E-state index in [1.807, 2.05) is 0 Å². The number of thiazole rings is 1. The van der Waals surface area contributed by atoms with E-state index in [1.54, 1.807) is 0 Å². The summed E-state index contributed by atoms with van der Waals surface area (Å²) in [6.45, 7) is 0.914. The normalized spacial score (nSPS) is 12.5. The highest BCUT2D eigenvalue weighted by Crippen LogP contribution is 2.40. The molecule has 0 aliphatic heterocycles. The first-order valence-corrected chi connectivity index (χ1v) is 12.4. The Balaban J connectivity index is 2.31. The molecule has 0 aliphatic rings. The third kappa shape index (κ3) is 4.53. The van der Waals surface area contributed by atoms with Crippen LogP contribution in [0.15, 0.2) is 62.8 Å². The highest BCUT2D eigenvalue weighted by Gasteiger charge is 2.38. The summed E-state index contributed by atoms with van der Waals surface area (Å²) in [5, 5.41) is 7.38. The van der Waals surface area contributed by atoms with Crippen molar-refractivity contribution in [1.82, 2.24) is 4.98 Å². The van der Waals surface area contributed by atoms with Gasteiger partial charge in [-0.1, -0.05) is 12.1 Å². The van der Waals surface area contributed by atoms with Crippen LogP contribution in [0.1, 0.15) is 20.8 Å². The van der Waals surface area contributed by atoms with Crippen LogP contribution in [-0.4, -0.2) is 27.7 Å². The van der Waals surface area contributed by atoms with Crippen molar-refractivity contribution < 1.29 is 34.8 Å². The van der Waals surface area contributed by atoms with Crippen molar-refractivity contribution in [1.29, 1.82) is 0 Å². The van der Waals surface area contributed by atoms with Gasteiger partial charge in [0.15, 0.2) is 0 Å². The van der Waals surface area contributed by atoms with E-state index in [-0.39, 0.29) is 4.88 Å². The van der Waals surface area contributed by atoms with Gasteiger partial charge < -0.3 is 5.32 Å². The van der Waals surface area contributed by atoms with Gasteiger partial charge in [0.2, 0.25) is 19.9 Å². The molecule has 1 heterocycles. The second kappa shape index (κ2) is 8.27. The minimum Gasteiger partial charge on any atom is -0.320 e. The third-order valence-electron chi connectivity index (χ3n) is 4.33. The molecule has 0 unspecified atom stereocenters. The number of benzene rings is 2. The van der Waals surface area contributed by atoms with E-state index in [0.717, 1.165) is 36.5 Å². The molecular formula is C18H14F3N3O5S3. The molecule has 0 fully saturated rings. The quantitative estimate of drug-likeness (QED) is 0.547. The van der Waals surface area contributed by atoms with Gasteiger partial charge in [-0.25, -0.2) is 22.0 Å². The van der Waals surface area contributed by atoms with Gasteiger partial charge in [0.25, 0.3) is 5.91 Å². The Morgan fingerprint density at radius 3 is 2.22 bits per heavy atom. The average Bonchev–Trinajstić information content (AvgIpc) is 3.21. The topological polar surface area (TPSA) is 136 Å². The van der Waals surface area contributed by atoms with Crippen molar-refractivity contribution in [3.63, 3.8) is 0 Å². The highest BCUT2D eigenvalue weighted by atomic mass is 32.2. The summed E-state index contributed by atoms with van der Waals surface area (Å²) in [4.78, 5) is 13.7. The lowest BCUT2D eigenvalue weighted by molar-refractivity contribution is -0.138. The molecule has 3 aromatic rings. The van der Waals surface area contributed by atoms with E-state index in [4.69, 9.17) is 5.14 Å². The number of hydrogen-bond donors (Lipinski definition) is 2. The van der Waals surface area contributed by atoms with E-state index in [0.29, 0.717) is 6.07 Å². The maximum absolute atomic E-state index is 13.5. The van der Waals surface area contributed by atoms with Crippen LogP contribution in [0.5, 0.6) is 0 Å². The van der Waals surface area contributed by atoms with E-state index in [9.17, 15) is 34.8 Å². The van der Waals surface area contributed by atoms with Crippen LogP contribution in [0.25, 0.3) is 0 Å². The zero-order valence-corrected chi connectivity index (χ0v) is 18.5. The minimum absolute atomic E-state index is 0.0795. The van der Waals surface area contributed by atoms with E-state index in [2.05, 4.69) is 10.3 Å². The van der Waals surface area contributed by atoms with Gasteiger partial charge in [-0.2, -0.15) is 13.2 Å². The standard InChI is InChI=1S/C18H14F3N3O5S3/c1-10-11(18(19,20)21)6-7-12(24-17(25)13-8-23-9-30-13)16(10)31(26,27)14-4-2-3-5-15(14)32(22,28)29/h2-9H,1H3,(H,24,25)(H2,22,28,29). The number of aromatic nitrogens is 1. The summed E-state index contributed by atoms with van der Waals surface area (Å²) < 4.78 is 91.2. The first kappa shape index (κ1) is 23.8. The number of nitrogens with two attached hydrogens (primary N) is 1. The molecule has 2 aromatic carbocycles. The number of anilines is 1. The number of nitrogens with one attached hydrogen (secondary N) is 1. The molecule has 0 saturated carbocycles. The van der Waals surface area contributed by atoms with Gasteiger partial charge in [-0.15, -0.1) is 11.3 Å². The molecule has 14 heteroatoms. The number of amides is 1. The Bertz CT molecular complexity index is 1400. The van der Waals surface area contributed by atoms with Crippen molar-refractivity contribution in [2.75, 3.05) is 5.32 Å². The van der Waals surface area contributed by atoms with Gasteiger partial charge in [-0.05, 0) is 36.8 Å². The number of sulfonamides is 1. The fourth-order valence-electron chi connectivity index (χ4n) is 2.97. The molecule has 0 aliphatic carbocycles. The van der Waals surface area contributed by atoms with Crippen molar-refractivity contribution in [2.24, 2.45) is 5.14 Å². The van der Waals surface area contributed by atoms with Gasteiger partial charge >= 0.3 is 6.18 Å². The van der Waals surface area contributed by atoms with Crippen LogP contribution in [0.3, 0.4) is 0 Å². The highest BCUT2D eigenvalue weighted by molar-refractivity contribution is 7.93. The van der Waals surface area contributed by atoms with Gasteiger partial charge in [-0.3, -0.25) is 9.78 Å². The number of hydrogen-bond acceptors (Lipinski definition) is 7. The van der Waals surface area contributed by atoms with Crippen molar-refractivity contribution in [2.45, 2.75) is 27.8 Å². The molecule has 0 saturated heterocycles. The second-order valence-corrected chi connectivity index (χ2v) is 10.7. The van der Waals surface area contributed by atoms with Crippen LogP contribution < -0.4 is 10.5 Å². The lowest BCUT2D eigenvalue weighted by Gasteiger charge is -2.19. The Labute approximate surface area is 184 Å². The lowest BCUT2D eigenvalue weighted by Crippen LogP contribution is -2.20. The largest absolute Gasteiger partial charge is 0.416 e. The maximum atomic E-state index is 13.5. The number of sulfone groups is 1. The Hall–Kier alpha value is -2.81. The van der Waals surface area contributed by atoms with Crippen LogP contribution in [0.2, 0.25) is 0 Å². The van der Waals surface area contributed by atoms with Crippen LogP contribution in [0.4, 0.5) is 18.9 Å². The summed E-state index contributed by atoms with van der Waals surface area (Å²) in [6.07, 6.45) is -3.71. The molecule has 0 bridgehead atoms. The predicted octanol–water partition coefficient (Wildman–Crippen LogP) is 3.20. The number of rotatable bonds is 5. The predicted molar refractivity (Wildman–Crippen MR) is 110 cm³/mol. The Kier molecular flexibility index (Phi) is 6.16. The molecule has 1 amide bonds. The van der Waals surface area contributed by atoms with Gasteiger partial charge in [0, 0.05) is 0 Å². The molecule has 1 aromatic heterocycles. The number of primary sulfonamides is 1. The molecule has 0 radical (unpaired) electrons. The molecule has 3 rings (SSSR count).